The predicted octanol–water partition coefficient (Wildman–Crippen LogP) is 3.46. The molecule has 1 aromatic rings. The van der Waals surface area contributed by atoms with Gasteiger partial charge in [-0.2, -0.15) is 4.98 Å². The second-order valence-electron chi connectivity index (χ2n) is 6.36. The van der Waals surface area contributed by atoms with Crippen LogP contribution in [0.2, 0.25) is 0 Å². The Labute approximate surface area is 116 Å². The smallest absolute Gasteiger partial charge is 0.225 e. The van der Waals surface area contributed by atoms with Crippen LogP contribution in [0.5, 0.6) is 0 Å². The molecule has 0 aliphatic carbocycles. The molecule has 19 heavy (non-hydrogen) atoms. The van der Waals surface area contributed by atoms with Gasteiger partial charge in [-0.15, -0.1) is 0 Å². The van der Waals surface area contributed by atoms with E-state index in [2.05, 4.69) is 47.9 Å². The van der Waals surface area contributed by atoms with Gasteiger partial charge >= 0.3 is 0 Å². The largest absolute Gasteiger partial charge is 0.353 e. The number of nitrogens with zero attached hydrogens (tertiary/aromatic N) is 3. The highest BCUT2D eigenvalue weighted by Crippen LogP contribution is 2.25. The minimum Gasteiger partial charge on any atom is -0.353 e. The van der Waals surface area contributed by atoms with E-state index in [1.54, 1.807) is 0 Å². The molecule has 1 aliphatic rings. The first kappa shape index (κ1) is 14.1. The molecule has 2 heterocycles. The quantitative estimate of drug-likeness (QED) is 0.905. The lowest BCUT2D eigenvalue weighted by Crippen LogP contribution is -2.40. The van der Waals surface area contributed by atoms with Crippen molar-refractivity contribution in [3.05, 3.63) is 12.3 Å². The molecule has 2 rings (SSSR count). The average molecular weight is 262 g/mol. The van der Waals surface area contributed by atoms with Gasteiger partial charge in [-0.1, -0.05) is 6.92 Å². The van der Waals surface area contributed by atoms with Gasteiger partial charge in [-0.05, 0) is 52.5 Å². The monoisotopic (exact) mass is 262 g/mol. The first-order valence-electron chi connectivity index (χ1n) is 7.37. The second-order valence-corrected chi connectivity index (χ2v) is 6.36. The van der Waals surface area contributed by atoms with Crippen LogP contribution in [0.25, 0.3) is 0 Å². The maximum absolute atomic E-state index is 4.68. The third-order valence-electron chi connectivity index (χ3n) is 3.52. The minimum atomic E-state index is -0.00925. The van der Waals surface area contributed by atoms with Gasteiger partial charge in [0.15, 0.2) is 0 Å². The Morgan fingerprint density at radius 1 is 1.37 bits per heavy atom. The van der Waals surface area contributed by atoms with E-state index in [0.29, 0.717) is 6.04 Å². The van der Waals surface area contributed by atoms with E-state index < -0.39 is 0 Å². The molecule has 1 saturated heterocycles. The Hall–Kier alpha value is -1.32. The zero-order chi connectivity index (χ0) is 13.9. The van der Waals surface area contributed by atoms with E-state index in [0.717, 1.165) is 18.3 Å². The topological polar surface area (TPSA) is 41.1 Å². The lowest BCUT2D eigenvalue weighted by molar-refractivity contribution is 0.446. The molecule has 1 unspecified atom stereocenters. The van der Waals surface area contributed by atoms with Crippen molar-refractivity contribution in [1.29, 1.82) is 0 Å². The van der Waals surface area contributed by atoms with Crippen molar-refractivity contribution >= 4 is 11.8 Å². The van der Waals surface area contributed by atoms with Gasteiger partial charge in [0.25, 0.3) is 0 Å². The molecular weight excluding hydrogens is 236 g/mol. The van der Waals surface area contributed by atoms with Gasteiger partial charge in [0.1, 0.15) is 5.82 Å². The molecule has 0 radical (unpaired) electrons. The molecule has 0 saturated carbocycles. The third-order valence-corrected chi connectivity index (χ3v) is 3.52. The van der Waals surface area contributed by atoms with Crippen molar-refractivity contribution < 1.29 is 0 Å². The van der Waals surface area contributed by atoms with Crippen LogP contribution in [0.1, 0.15) is 53.4 Å². The summed E-state index contributed by atoms with van der Waals surface area (Å²) in [4.78, 5) is 11.4. The zero-order valence-corrected chi connectivity index (χ0v) is 12.6. The van der Waals surface area contributed by atoms with Crippen LogP contribution in [-0.4, -0.2) is 28.1 Å². The Morgan fingerprint density at radius 2 is 2.16 bits per heavy atom. The average Bonchev–Trinajstić information content (AvgIpc) is 2.37. The molecule has 0 amide bonds. The van der Waals surface area contributed by atoms with E-state index in [1.807, 2.05) is 12.3 Å². The summed E-state index contributed by atoms with van der Waals surface area (Å²) < 4.78 is 0. The fraction of sp³-hybridized carbons (Fsp3) is 0.733. The molecule has 1 fully saturated rings. The van der Waals surface area contributed by atoms with Crippen LogP contribution in [0.3, 0.4) is 0 Å². The lowest BCUT2D eigenvalue weighted by atomic mass is 10.0. The van der Waals surface area contributed by atoms with Gasteiger partial charge < -0.3 is 10.2 Å². The summed E-state index contributed by atoms with van der Waals surface area (Å²) in [6.07, 6.45) is 6.93. The Balaban J connectivity index is 2.17. The number of hydrogen-bond acceptors (Lipinski definition) is 4. The number of hydrogen-bond donors (Lipinski definition) is 1. The minimum absolute atomic E-state index is 0.00925. The molecule has 0 spiro atoms. The molecule has 1 aromatic heterocycles. The summed E-state index contributed by atoms with van der Waals surface area (Å²) in [6.45, 7) is 9.75. The standard InChI is InChI=1S/C15H26N4/c1-5-12-8-6-7-11-19(12)13-9-10-16-14(17-13)18-15(2,3)4/h9-10,12H,5-8,11H2,1-4H3,(H,16,17,18). The highest BCUT2D eigenvalue weighted by molar-refractivity contribution is 5.44. The molecule has 0 bridgehead atoms. The Morgan fingerprint density at radius 3 is 2.84 bits per heavy atom. The van der Waals surface area contributed by atoms with E-state index in [9.17, 15) is 0 Å². The zero-order valence-electron chi connectivity index (χ0n) is 12.6. The molecule has 1 atom stereocenters. The van der Waals surface area contributed by atoms with Crippen molar-refractivity contribution in [2.24, 2.45) is 0 Å². The SMILES string of the molecule is CCC1CCCCN1c1ccnc(NC(C)(C)C)n1. The van der Waals surface area contributed by atoms with Gasteiger partial charge in [0.05, 0.1) is 0 Å². The van der Waals surface area contributed by atoms with Crippen LogP contribution in [0.15, 0.2) is 12.3 Å². The third kappa shape index (κ3) is 3.82. The number of aromatic nitrogens is 2. The molecule has 1 N–H and O–H groups in total. The number of anilines is 2. The summed E-state index contributed by atoms with van der Waals surface area (Å²) in [5, 5.41) is 3.34. The summed E-state index contributed by atoms with van der Waals surface area (Å²) in [7, 11) is 0. The summed E-state index contributed by atoms with van der Waals surface area (Å²) >= 11 is 0. The molecular formula is C15H26N4. The van der Waals surface area contributed by atoms with Crippen LogP contribution in [0, 0.1) is 0 Å². The lowest BCUT2D eigenvalue weighted by Gasteiger charge is -2.36. The number of piperidine rings is 1. The molecule has 106 valence electrons. The molecule has 1 aliphatic heterocycles. The molecule has 0 aromatic carbocycles. The normalized spacial score (nSPS) is 20.4. The maximum atomic E-state index is 4.68. The fourth-order valence-corrected chi connectivity index (χ4v) is 2.63. The highest BCUT2D eigenvalue weighted by Gasteiger charge is 2.22. The van der Waals surface area contributed by atoms with Gasteiger partial charge in [0, 0.05) is 24.3 Å². The Bertz CT molecular complexity index is 411. The van der Waals surface area contributed by atoms with E-state index in [-0.39, 0.29) is 5.54 Å². The first-order chi connectivity index (χ1) is 8.99. The van der Waals surface area contributed by atoms with Crippen LogP contribution in [-0.2, 0) is 0 Å². The fourth-order valence-electron chi connectivity index (χ4n) is 2.63. The number of nitrogens with one attached hydrogen (secondary N) is 1. The molecule has 4 nitrogen and oxygen atoms in total. The van der Waals surface area contributed by atoms with Gasteiger partial charge in [-0.3, -0.25) is 0 Å². The van der Waals surface area contributed by atoms with Gasteiger partial charge in [0.2, 0.25) is 5.95 Å². The van der Waals surface area contributed by atoms with Crippen molar-refractivity contribution in [1.82, 2.24) is 9.97 Å². The van der Waals surface area contributed by atoms with Crippen molar-refractivity contribution in [3.63, 3.8) is 0 Å². The van der Waals surface area contributed by atoms with Crippen molar-refractivity contribution in [2.45, 2.75) is 65.0 Å². The van der Waals surface area contributed by atoms with Gasteiger partial charge in [-0.25, -0.2) is 4.98 Å². The summed E-state index contributed by atoms with van der Waals surface area (Å²) in [5.41, 5.74) is -0.00925. The van der Waals surface area contributed by atoms with Crippen LogP contribution < -0.4 is 10.2 Å². The van der Waals surface area contributed by atoms with E-state index in [4.69, 9.17) is 0 Å². The number of rotatable bonds is 3. The van der Waals surface area contributed by atoms with Crippen LogP contribution >= 0.6 is 0 Å². The Kier molecular flexibility index (Phi) is 4.27. The van der Waals surface area contributed by atoms with Crippen molar-refractivity contribution in [3.8, 4) is 0 Å². The maximum Gasteiger partial charge on any atom is 0.225 e. The molecule has 4 heteroatoms. The second kappa shape index (κ2) is 5.76. The predicted molar refractivity (Wildman–Crippen MR) is 80.7 cm³/mol. The van der Waals surface area contributed by atoms with Crippen molar-refractivity contribution in [2.75, 3.05) is 16.8 Å². The summed E-state index contributed by atoms with van der Waals surface area (Å²) in [5.74, 6) is 1.79. The van der Waals surface area contributed by atoms with E-state index in [1.165, 1.54) is 25.7 Å². The first-order valence-corrected chi connectivity index (χ1v) is 7.37. The summed E-state index contributed by atoms with van der Waals surface area (Å²) in [6, 6.07) is 2.66. The highest BCUT2D eigenvalue weighted by atomic mass is 15.3. The van der Waals surface area contributed by atoms with Crippen LogP contribution in [0.4, 0.5) is 11.8 Å². The van der Waals surface area contributed by atoms with E-state index >= 15 is 0 Å².